The van der Waals surface area contributed by atoms with Crippen LogP contribution in [0.2, 0.25) is 0 Å². The first-order valence-corrected chi connectivity index (χ1v) is 28.8. The Morgan fingerprint density at radius 1 is 0.295 bits per heavy atom. The van der Waals surface area contributed by atoms with E-state index < -0.39 is 0 Å². The Balaban J connectivity index is 0.978. The summed E-state index contributed by atoms with van der Waals surface area (Å²) >= 11 is 0. The summed E-state index contributed by atoms with van der Waals surface area (Å²) in [5.41, 5.74) is 17.3. The zero-order valence-electron chi connectivity index (χ0n) is 46.6. The largest absolute Gasteiger partial charge is 0.455 e. The van der Waals surface area contributed by atoms with Crippen LogP contribution in [0.3, 0.4) is 0 Å². The zero-order valence-corrected chi connectivity index (χ0v) is 46.6. The number of furan rings is 2. The van der Waals surface area contributed by atoms with Crippen LogP contribution < -0.4 is 0 Å². The molecule has 10 heteroatoms. The van der Waals surface area contributed by atoms with Crippen molar-refractivity contribution in [3.05, 3.63) is 271 Å². The van der Waals surface area contributed by atoms with Crippen LogP contribution in [0.1, 0.15) is 16.7 Å². The molecule has 0 unspecified atom stereocenters. The third-order valence-electron chi connectivity index (χ3n) is 17.1. The number of para-hydroxylation sites is 4. The summed E-state index contributed by atoms with van der Waals surface area (Å²) in [5, 5.41) is 38.7. The maximum atomic E-state index is 10.3. The van der Waals surface area contributed by atoms with E-state index in [1.807, 2.05) is 133 Å². The average Bonchev–Trinajstić information content (AvgIpc) is 1.75. The molecule has 0 amide bonds. The topological polar surface area (TPSA) is 146 Å². The maximum Gasteiger partial charge on any atom is 0.166 e. The minimum absolute atomic E-state index is 0.397. The van der Waals surface area contributed by atoms with Crippen LogP contribution >= 0.6 is 0 Å². The van der Waals surface area contributed by atoms with E-state index >= 15 is 0 Å². The minimum atomic E-state index is 0.397. The highest BCUT2D eigenvalue weighted by molar-refractivity contribution is 6.25. The molecule has 0 fully saturated rings. The lowest BCUT2D eigenvalue weighted by molar-refractivity contribution is 0.672. The summed E-state index contributed by atoms with van der Waals surface area (Å²) in [5.74, 6) is 1.20. The fourth-order valence-corrected chi connectivity index (χ4v) is 13.1. The van der Waals surface area contributed by atoms with Gasteiger partial charge in [0.2, 0.25) is 0 Å². The van der Waals surface area contributed by atoms with Crippen LogP contribution in [0, 0.1) is 34.0 Å². The van der Waals surface area contributed by atoms with Crippen molar-refractivity contribution in [1.82, 2.24) is 24.1 Å². The molecule has 88 heavy (non-hydrogen) atoms. The fraction of sp³-hybridized carbons (Fsp3) is 0. The molecule has 0 aliphatic carbocycles. The van der Waals surface area contributed by atoms with Gasteiger partial charge in [0.05, 0.1) is 79.1 Å². The highest BCUT2D eigenvalue weighted by Crippen LogP contribution is 2.46. The van der Waals surface area contributed by atoms with E-state index in [1.165, 1.54) is 0 Å². The van der Waals surface area contributed by atoms with Crippen molar-refractivity contribution in [3.8, 4) is 97.1 Å². The van der Waals surface area contributed by atoms with Crippen LogP contribution in [0.4, 0.5) is 0 Å². The van der Waals surface area contributed by atoms with Crippen molar-refractivity contribution in [2.75, 3.05) is 0 Å². The second-order valence-electron chi connectivity index (χ2n) is 22.0. The van der Waals surface area contributed by atoms with E-state index in [4.69, 9.17) is 23.8 Å². The van der Waals surface area contributed by atoms with E-state index in [2.05, 4.69) is 149 Å². The van der Waals surface area contributed by atoms with Crippen LogP contribution in [-0.4, -0.2) is 24.1 Å². The molecule has 0 bridgehead atoms. The van der Waals surface area contributed by atoms with Crippen molar-refractivity contribution < 1.29 is 8.83 Å². The lowest BCUT2D eigenvalue weighted by Gasteiger charge is -2.18. The molecule has 17 aromatic rings. The molecule has 0 aliphatic heterocycles. The Bertz CT molecular complexity index is 5650. The maximum absolute atomic E-state index is 10.3. The molecular weight excluding hydrogens is 1080 g/mol. The molecular formula is C78H42N8O2. The highest BCUT2D eigenvalue weighted by Gasteiger charge is 2.26. The number of fused-ring (bicyclic) bond motifs is 14. The molecule has 5 heterocycles. The average molecular weight is 1120 g/mol. The van der Waals surface area contributed by atoms with Gasteiger partial charge in [-0.25, -0.2) is 15.0 Å². The van der Waals surface area contributed by atoms with Gasteiger partial charge in [0, 0.05) is 49.0 Å². The first kappa shape index (κ1) is 49.9. The van der Waals surface area contributed by atoms with Crippen LogP contribution in [0.5, 0.6) is 0 Å². The lowest BCUT2D eigenvalue weighted by Crippen LogP contribution is -2.06. The monoisotopic (exact) mass is 1120 g/mol. The Morgan fingerprint density at radius 2 is 0.739 bits per heavy atom. The number of benzene rings is 12. The van der Waals surface area contributed by atoms with Crippen molar-refractivity contribution >= 4 is 87.5 Å². The van der Waals surface area contributed by atoms with Crippen LogP contribution in [-0.2, 0) is 0 Å². The molecule has 0 saturated carbocycles. The van der Waals surface area contributed by atoms with Gasteiger partial charge in [-0.1, -0.05) is 146 Å². The van der Waals surface area contributed by atoms with Crippen molar-refractivity contribution in [3.63, 3.8) is 0 Å². The molecule has 0 N–H and O–H groups in total. The summed E-state index contributed by atoms with van der Waals surface area (Å²) in [6.45, 7) is 0. The second kappa shape index (κ2) is 19.7. The molecule has 0 atom stereocenters. The molecule has 17 rings (SSSR count). The first-order chi connectivity index (χ1) is 43.5. The van der Waals surface area contributed by atoms with Gasteiger partial charge in [0.1, 0.15) is 22.3 Å². The van der Waals surface area contributed by atoms with Gasteiger partial charge in [-0.3, -0.25) is 0 Å². The summed E-state index contributed by atoms with van der Waals surface area (Å²) in [4.78, 5) is 16.7. The van der Waals surface area contributed by atoms with Gasteiger partial charge >= 0.3 is 0 Å². The van der Waals surface area contributed by atoms with E-state index in [-0.39, 0.29) is 0 Å². The number of hydrogen-bond donors (Lipinski definition) is 0. The zero-order chi connectivity index (χ0) is 58.6. The predicted octanol–water partition coefficient (Wildman–Crippen LogP) is 19.5. The van der Waals surface area contributed by atoms with Crippen LogP contribution in [0.25, 0.3) is 166 Å². The minimum Gasteiger partial charge on any atom is -0.455 e. The Morgan fingerprint density at radius 3 is 1.27 bits per heavy atom. The SMILES string of the molecule is N#Cc1cccc(-c2ccc(-c3nc(-c4cccc(-c5ccccc5C#N)c4)nc(-c4ccc(-c5cccc(C#N)c5)cc4-n4c5ccccc5c5c6oc7ccccc7c6ccc54)n3)c(-n3c4ccccc4c4c5oc6ccccc6c5ccc43)c2)c1. The van der Waals surface area contributed by atoms with Gasteiger partial charge in [-0.05, 0) is 143 Å². The molecule has 12 aromatic carbocycles. The summed E-state index contributed by atoms with van der Waals surface area (Å²) < 4.78 is 18.2. The number of rotatable bonds is 8. The summed E-state index contributed by atoms with van der Waals surface area (Å²) in [6.07, 6.45) is 0. The van der Waals surface area contributed by atoms with E-state index in [0.717, 1.165) is 132 Å². The molecule has 0 saturated heterocycles. The van der Waals surface area contributed by atoms with Crippen LogP contribution in [0.15, 0.2) is 264 Å². The third-order valence-corrected chi connectivity index (χ3v) is 17.1. The smallest absolute Gasteiger partial charge is 0.166 e. The third kappa shape index (κ3) is 7.76. The predicted molar refractivity (Wildman–Crippen MR) is 350 cm³/mol. The van der Waals surface area contributed by atoms with Gasteiger partial charge in [0.25, 0.3) is 0 Å². The lowest BCUT2D eigenvalue weighted by atomic mass is 9.98. The molecule has 0 aliphatic rings. The first-order valence-electron chi connectivity index (χ1n) is 28.8. The van der Waals surface area contributed by atoms with E-state index in [0.29, 0.717) is 50.9 Å². The Hall–Kier alpha value is -12.7. The van der Waals surface area contributed by atoms with Gasteiger partial charge in [0.15, 0.2) is 17.5 Å². The number of nitrogens with zero attached hydrogens (tertiary/aromatic N) is 8. The summed E-state index contributed by atoms with van der Waals surface area (Å²) in [6, 6.07) is 92.3. The molecule has 0 spiro atoms. The number of aromatic nitrogens is 5. The van der Waals surface area contributed by atoms with Crippen molar-refractivity contribution in [2.45, 2.75) is 0 Å². The van der Waals surface area contributed by atoms with Crippen molar-refractivity contribution in [2.24, 2.45) is 0 Å². The Kier molecular flexibility index (Phi) is 11.2. The van der Waals surface area contributed by atoms with Gasteiger partial charge in [-0.15, -0.1) is 0 Å². The Labute approximate surface area is 502 Å². The molecule has 406 valence electrons. The fourth-order valence-electron chi connectivity index (χ4n) is 13.1. The van der Waals surface area contributed by atoms with E-state index in [9.17, 15) is 15.8 Å². The standard InChI is InChI=1S/C78H42N8O2/c79-43-46-14-11-17-48(38-46)50-30-32-62(68(41-50)85-64-26-7-3-24-60(64)72-66(85)36-34-58-56-22-5-9-28-70(56)87-74(58)72)77-82-76(53-20-13-19-52(40-53)55-21-2-1-16-54(55)45-81)83-78(84-77)63-33-31-51(49-18-12-15-47(39-49)44-80)42-69(63)86-65-27-8-4-25-61(65)73-67(86)37-35-59-57-23-6-10-29-71(57)88-75(59)73/h1-42H. The van der Waals surface area contributed by atoms with Gasteiger partial charge < -0.3 is 18.0 Å². The molecule has 5 aromatic heterocycles. The van der Waals surface area contributed by atoms with Crippen molar-refractivity contribution in [1.29, 1.82) is 15.8 Å². The van der Waals surface area contributed by atoms with E-state index in [1.54, 1.807) is 0 Å². The molecule has 0 radical (unpaired) electrons. The number of nitriles is 3. The normalized spacial score (nSPS) is 11.6. The second-order valence-corrected chi connectivity index (χ2v) is 22.0. The summed E-state index contributed by atoms with van der Waals surface area (Å²) in [7, 11) is 0. The van der Waals surface area contributed by atoms with Gasteiger partial charge in [-0.2, -0.15) is 15.8 Å². The molecule has 10 nitrogen and oxygen atoms in total. The quantitative estimate of drug-likeness (QED) is 0.146. The number of hydrogen-bond acceptors (Lipinski definition) is 8. The highest BCUT2D eigenvalue weighted by atomic mass is 16.3.